The Kier molecular flexibility index (Phi) is 10.1. The lowest BCUT2D eigenvalue weighted by Crippen LogP contribution is -2.65. The second-order valence-corrected chi connectivity index (χ2v) is 16.2. The summed E-state index contributed by atoms with van der Waals surface area (Å²) in [5.74, 6) is -0.159. The minimum Gasteiger partial charge on any atom is -0.458 e. The molecule has 3 heterocycles. The molecule has 18 atom stereocenters. The lowest BCUT2D eigenvalue weighted by atomic mass is 9.43. The number of carbonyl (C=O) groups excluding carboxylic acids is 2. The summed E-state index contributed by atoms with van der Waals surface area (Å²) in [5, 5.41) is 64.3. The van der Waals surface area contributed by atoms with Crippen LogP contribution in [-0.2, 0) is 38.0 Å². The number of fused-ring (bicyclic) bond motifs is 5. The standard InChI is InChI=1S/C36H54O14/c1-17-30(50-32-28(42)27(41)26(40)24(14-37)49-32)31(45-3)29(43)33(47-17)48-20-6-10-35(16-38)19(13-20)4-5-23-22(35)7-9-34(2)21(8-11-36(23,34)44)18-12-25(39)46-15-18/h12,16-17,19-24,26-33,37,40-44H,4-11,13-15H2,1-3H3/t17-,19+,20+,21+,22-,23+,24+,26+,27-,28+,29-,30+,31+,32-,33-,34+,35-,36+/m1/s1. The van der Waals surface area contributed by atoms with E-state index in [1.807, 2.05) is 0 Å². The summed E-state index contributed by atoms with van der Waals surface area (Å²) in [6, 6.07) is 0. The van der Waals surface area contributed by atoms with Crippen molar-refractivity contribution in [2.75, 3.05) is 20.3 Å². The Morgan fingerprint density at radius 1 is 0.900 bits per heavy atom. The SMILES string of the molecule is CO[C@H]1[C@@H](O)[C@@H](O[C@H]2CC[C@@]3(C=O)[C@@H](CC[C@H]4[C@H]3CC[C@@]3(C)[C@H](C5=CC(=O)OC5)CC[C@]43O)C2)O[C@H](C)[C@@H]1O[C@H]1O[C@@H](CO)[C@H](O)[C@@H](O)[C@@H]1O. The van der Waals surface area contributed by atoms with Gasteiger partial charge in [-0.25, -0.2) is 4.79 Å². The minimum absolute atomic E-state index is 0.0174. The predicted octanol–water partition coefficient (Wildman–Crippen LogP) is 0.113. The van der Waals surface area contributed by atoms with Crippen molar-refractivity contribution in [2.24, 2.45) is 34.5 Å². The molecule has 0 aromatic carbocycles. The third-order valence-corrected chi connectivity index (χ3v) is 14.2. The summed E-state index contributed by atoms with van der Waals surface area (Å²) < 4.78 is 34.9. The second-order valence-electron chi connectivity index (χ2n) is 16.2. The van der Waals surface area contributed by atoms with E-state index < -0.39 is 84.4 Å². The molecule has 6 fully saturated rings. The molecule has 0 radical (unpaired) electrons. The number of rotatable bonds is 8. The molecule has 0 amide bonds. The van der Waals surface area contributed by atoms with Crippen LogP contribution in [0.15, 0.2) is 11.6 Å². The highest BCUT2D eigenvalue weighted by Crippen LogP contribution is 2.69. The maximum atomic E-state index is 13.2. The number of hydrogen-bond acceptors (Lipinski definition) is 14. The van der Waals surface area contributed by atoms with Gasteiger partial charge in [-0.2, -0.15) is 0 Å². The molecular formula is C36H54O14. The van der Waals surface area contributed by atoms with Gasteiger partial charge in [0.25, 0.3) is 0 Å². The van der Waals surface area contributed by atoms with E-state index >= 15 is 0 Å². The average Bonchev–Trinajstić information content (AvgIpc) is 3.65. The zero-order valence-electron chi connectivity index (χ0n) is 29.0. The van der Waals surface area contributed by atoms with E-state index in [-0.39, 0.29) is 35.7 Å². The van der Waals surface area contributed by atoms with E-state index in [1.165, 1.54) is 7.11 Å². The quantitative estimate of drug-likeness (QED) is 0.112. The van der Waals surface area contributed by atoms with Gasteiger partial charge < -0.3 is 63.9 Å². The van der Waals surface area contributed by atoms with E-state index in [0.717, 1.165) is 44.0 Å². The Balaban J connectivity index is 1.01. The number of methoxy groups -OCH3 is 1. The molecule has 14 heteroatoms. The fourth-order valence-electron chi connectivity index (χ4n) is 11.5. The highest BCUT2D eigenvalue weighted by atomic mass is 16.7. The van der Waals surface area contributed by atoms with Crippen molar-refractivity contribution in [3.05, 3.63) is 11.6 Å². The predicted molar refractivity (Wildman–Crippen MR) is 171 cm³/mol. The third-order valence-electron chi connectivity index (χ3n) is 14.2. The molecule has 282 valence electrons. The molecule has 0 bridgehead atoms. The lowest BCUT2D eigenvalue weighted by Gasteiger charge is -2.63. The highest BCUT2D eigenvalue weighted by molar-refractivity contribution is 5.85. The number of cyclic esters (lactones) is 1. The van der Waals surface area contributed by atoms with Crippen molar-refractivity contribution in [3.63, 3.8) is 0 Å². The first-order chi connectivity index (χ1) is 23.8. The van der Waals surface area contributed by atoms with Gasteiger partial charge in [0.2, 0.25) is 0 Å². The highest BCUT2D eigenvalue weighted by Gasteiger charge is 2.69. The van der Waals surface area contributed by atoms with Crippen LogP contribution >= 0.6 is 0 Å². The van der Waals surface area contributed by atoms with Crippen molar-refractivity contribution in [1.29, 1.82) is 0 Å². The molecule has 0 unspecified atom stereocenters. The maximum Gasteiger partial charge on any atom is 0.331 e. The number of hydrogen-bond donors (Lipinski definition) is 6. The number of aldehydes is 1. The smallest absolute Gasteiger partial charge is 0.331 e. The van der Waals surface area contributed by atoms with E-state index in [2.05, 4.69) is 6.92 Å². The van der Waals surface area contributed by atoms with Gasteiger partial charge in [-0.3, -0.25) is 0 Å². The van der Waals surface area contributed by atoms with Crippen LogP contribution in [-0.4, -0.2) is 136 Å². The zero-order valence-corrected chi connectivity index (χ0v) is 29.0. The van der Waals surface area contributed by atoms with Crippen LogP contribution in [0.4, 0.5) is 0 Å². The van der Waals surface area contributed by atoms with E-state index in [9.17, 15) is 40.2 Å². The molecular weight excluding hydrogens is 656 g/mol. The van der Waals surface area contributed by atoms with Crippen molar-refractivity contribution >= 4 is 12.3 Å². The van der Waals surface area contributed by atoms with Gasteiger partial charge in [-0.15, -0.1) is 0 Å². The van der Waals surface area contributed by atoms with E-state index in [0.29, 0.717) is 32.3 Å². The van der Waals surface area contributed by atoms with Crippen molar-refractivity contribution < 1.29 is 68.6 Å². The van der Waals surface area contributed by atoms with Gasteiger partial charge in [0.05, 0.1) is 24.4 Å². The normalized spacial score (nSPS) is 53.5. The van der Waals surface area contributed by atoms with Crippen LogP contribution in [0.25, 0.3) is 0 Å². The van der Waals surface area contributed by atoms with Crippen LogP contribution in [0, 0.1) is 34.5 Å². The summed E-state index contributed by atoms with van der Waals surface area (Å²) in [6.07, 6.45) is -3.53. The average molecular weight is 711 g/mol. The van der Waals surface area contributed by atoms with Gasteiger partial charge in [0, 0.05) is 24.0 Å². The van der Waals surface area contributed by atoms with Gasteiger partial charge in [-0.1, -0.05) is 6.92 Å². The van der Waals surface area contributed by atoms with Crippen molar-refractivity contribution in [3.8, 4) is 0 Å². The largest absolute Gasteiger partial charge is 0.458 e. The van der Waals surface area contributed by atoms with Crippen LogP contribution in [0.1, 0.15) is 71.6 Å². The molecule has 0 spiro atoms. The Bertz CT molecular complexity index is 1310. The van der Waals surface area contributed by atoms with Gasteiger partial charge in [0.1, 0.15) is 55.6 Å². The van der Waals surface area contributed by atoms with Crippen molar-refractivity contribution in [1.82, 2.24) is 0 Å². The van der Waals surface area contributed by atoms with Gasteiger partial charge in [-0.05, 0) is 94.0 Å². The molecule has 2 saturated heterocycles. The summed E-state index contributed by atoms with van der Waals surface area (Å²) in [5.41, 5.74) is -0.922. The fraction of sp³-hybridized carbons (Fsp3) is 0.889. The van der Waals surface area contributed by atoms with Crippen molar-refractivity contribution in [2.45, 2.75) is 145 Å². The zero-order chi connectivity index (χ0) is 35.7. The van der Waals surface area contributed by atoms with Crippen LogP contribution in [0.5, 0.6) is 0 Å². The summed E-state index contributed by atoms with van der Waals surface area (Å²) >= 11 is 0. The first-order valence-electron chi connectivity index (χ1n) is 18.4. The number of aliphatic hydroxyl groups is 6. The monoisotopic (exact) mass is 710 g/mol. The third kappa shape index (κ3) is 5.64. The lowest BCUT2D eigenvalue weighted by molar-refractivity contribution is -0.362. The molecule has 4 aliphatic carbocycles. The molecule has 7 aliphatic rings. The Morgan fingerprint density at radius 2 is 1.66 bits per heavy atom. The van der Waals surface area contributed by atoms with E-state index in [1.54, 1.807) is 13.0 Å². The molecule has 3 aliphatic heterocycles. The number of aliphatic hydroxyl groups excluding tert-OH is 5. The molecule has 14 nitrogen and oxygen atoms in total. The molecule has 0 aromatic heterocycles. The maximum absolute atomic E-state index is 13.2. The first-order valence-corrected chi connectivity index (χ1v) is 18.4. The summed E-state index contributed by atoms with van der Waals surface area (Å²) in [7, 11) is 1.40. The number of ether oxygens (including phenoxy) is 6. The summed E-state index contributed by atoms with van der Waals surface area (Å²) in [4.78, 5) is 25.1. The Labute approximate surface area is 292 Å². The molecule has 0 aromatic rings. The Morgan fingerprint density at radius 3 is 2.34 bits per heavy atom. The van der Waals surface area contributed by atoms with Gasteiger partial charge >= 0.3 is 5.97 Å². The molecule has 6 N–H and O–H groups in total. The number of esters is 1. The minimum atomic E-state index is -1.63. The van der Waals surface area contributed by atoms with Crippen LogP contribution in [0.3, 0.4) is 0 Å². The van der Waals surface area contributed by atoms with E-state index in [4.69, 9.17) is 28.4 Å². The van der Waals surface area contributed by atoms with Gasteiger partial charge in [0.15, 0.2) is 12.6 Å². The first kappa shape index (κ1) is 36.8. The number of carbonyl (C=O) groups is 2. The topological polar surface area (TPSA) is 211 Å². The van der Waals surface area contributed by atoms with Crippen LogP contribution in [0.2, 0.25) is 0 Å². The molecule has 4 saturated carbocycles. The second kappa shape index (κ2) is 13.7. The molecule has 7 rings (SSSR count). The van der Waals surface area contributed by atoms with Crippen LogP contribution < -0.4 is 0 Å². The fourth-order valence-corrected chi connectivity index (χ4v) is 11.5. The summed E-state index contributed by atoms with van der Waals surface area (Å²) in [6.45, 7) is 3.55. The molecule has 50 heavy (non-hydrogen) atoms. The Hall–Kier alpha value is -1.56.